The first-order valence-electron chi connectivity index (χ1n) is 0. The molecule has 6 heteroatoms. The van der Waals surface area contributed by atoms with Gasteiger partial charge in [0, 0.05) is 18.6 Å². The van der Waals surface area contributed by atoms with Crippen LogP contribution in [-0.2, 0) is 18.6 Å². The predicted molar refractivity (Wildman–Crippen MR) is 25.1 cm³/mol. The molecule has 6 heavy (non-hydrogen) atoms. The molecular weight excluding hydrogens is 113 g/mol. The van der Waals surface area contributed by atoms with Gasteiger partial charge in [-0.05, 0) is 0 Å². The molecule has 6 N–H and O–H groups in total. The van der Waals surface area contributed by atoms with Crippen LogP contribution in [-0.4, -0.2) is 54.1 Å². The van der Waals surface area contributed by atoms with Gasteiger partial charge in [0.05, 0.1) is 0 Å². The fourth-order valence-electron chi connectivity index (χ4n) is 0. The van der Waals surface area contributed by atoms with Gasteiger partial charge in [0.15, 0.2) is 0 Å². The van der Waals surface area contributed by atoms with Gasteiger partial charge in [0.25, 0.3) is 0 Å². The van der Waals surface area contributed by atoms with Crippen LogP contribution < -0.4 is 0 Å². The summed E-state index contributed by atoms with van der Waals surface area (Å²) in [5.74, 6) is 0. The smallest absolute Gasteiger partial charge is 0 e. The van der Waals surface area contributed by atoms with Crippen molar-refractivity contribution in [2.75, 3.05) is 0 Å². The second-order valence-corrected chi connectivity index (χ2v) is 0. The predicted octanol–water partition coefficient (Wildman–Crippen LogP) is -3.77. The van der Waals surface area contributed by atoms with Gasteiger partial charge in [-0.1, -0.05) is 0 Å². The Bertz CT molecular complexity index is 8.75. The van der Waals surface area contributed by atoms with Crippen molar-refractivity contribution in [3.63, 3.8) is 0 Å². The van der Waals surface area contributed by atoms with E-state index >= 15 is 0 Å². The third-order valence-corrected chi connectivity index (χ3v) is 0. The van der Waals surface area contributed by atoms with E-state index in [2.05, 4.69) is 0 Å². The summed E-state index contributed by atoms with van der Waals surface area (Å²) in [7, 11) is 0. The van der Waals surface area contributed by atoms with Crippen LogP contribution in [0.5, 0.6) is 0 Å². The van der Waals surface area contributed by atoms with Gasteiger partial charge in [0.1, 0.15) is 0 Å². The minimum Gasteiger partial charge on any atom is 0 e. The molecule has 0 bridgehead atoms. The minimum absolute atomic E-state index is 0. The van der Waals surface area contributed by atoms with E-state index in [1.807, 2.05) is 0 Å². The van der Waals surface area contributed by atoms with Crippen molar-refractivity contribution in [3.8, 4) is 0 Å². The molecule has 0 fully saturated rings. The molecule has 0 aliphatic carbocycles. The van der Waals surface area contributed by atoms with E-state index in [0.29, 0.717) is 0 Å². The van der Waals surface area contributed by atoms with Crippen LogP contribution >= 0.6 is 0 Å². The maximum Gasteiger partial charge on any atom is 0 e. The van der Waals surface area contributed by atoms with E-state index in [4.69, 9.17) is 0 Å². The molecule has 0 saturated heterocycles. The summed E-state index contributed by atoms with van der Waals surface area (Å²) in [4.78, 5) is 0. The average molecular weight is 121 g/mol. The van der Waals surface area contributed by atoms with Crippen molar-refractivity contribution in [1.29, 1.82) is 0 Å². The molecule has 0 amide bonds. The van der Waals surface area contributed by atoms with Gasteiger partial charge < -0.3 is 16.4 Å². The summed E-state index contributed by atoms with van der Waals surface area (Å²) in [6, 6.07) is 0. The van der Waals surface area contributed by atoms with Crippen molar-refractivity contribution in [1.82, 2.24) is 0 Å². The maximum atomic E-state index is 0. The summed E-state index contributed by atoms with van der Waals surface area (Å²) >= 11 is 0. The third kappa shape index (κ3) is 44.6. The Labute approximate surface area is 72.4 Å². The molecule has 1 radical (unpaired) electrons. The molecule has 0 heterocycles. The molecule has 3 nitrogen and oxygen atoms in total. The molecule has 0 rings (SSSR count). The number of hydrogen-bond acceptors (Lipinski definition) is 0. The summed E-state index contributed by atoms with van der Waals surface area (Å²) in [5, 5.41) is 0. The Morgan fingerprint density at radius 3 is 0.500 bits per heavy atom. The zero-order valence-electron chi connectivity index (χ0n) is 1.95. The molecule has 0 atom stereocenters. The van der Waals surface area contributed by atoms with Crippen LogP contribution in [0.4, 0.5) is 0 Å². The summed E-state index contributed by atoms with van der Waals surface area (Å²) < 4.78 is 0. The molecule has 0 saturated carbocycles. The van der Waals surface area contributed by atoms with Gasteiger partial charge in [-0.25, -0.2) is 0 Å². The van der Waals surface area contributed by atoms with Gasteiger partial charge in [-0.2, -0.15) is 0 Å². The molecule has 0 aliphatic heterocycles. The van der Waals surface area contributed by atoms with Gasteiger partial charge in [-0.3, -0.25) is 0 Å². The standard InChI is InChI=1S/2Li.3H2O.V.2H/h;;3*1H2;;;. The summed E-state index contributed by atoms with van der Waals surface area (Å²) in [6.07, 6.45) is 0. The third-order valence-electron chi connectivity index (χ3n) is 0. The normalized spacial score (nSPS) is 0. The van der Waals surface area contributed by atoms with Crippen LogP contribution in [0, 0.1) is 0 Å². The molecular formula is H8Li2O3V. The van der Waals surface area contributed by atoms with Gasteiger partial charge >= 0.3 is 37.7 Å². The monoisotopic (exact) mass is 121 g/mol. The zero-order chi connectivity index (χ0) is 0. The van der Waals surface area contributed by atoms with Crippen LogP contribution in [0.15, 0.2) is 0 Å². The Balaban J connectivity index is 0. The molecule has 0 aromatic rings. The SMILES string of the molecule is O.O.O.[LiH].[LiH].[V]. The average Bonchev–Trinajstić information content (AvgIpc) is 0. The number of rotatable bonds is 0. The first kappa shape index (κ1) is 123. The Kier molecular flexibility index (Phi) is 1590. The van der Waals surface area contributed by atoms with E-state index in [-0.39, 0.29) is 72.7 Å². The number of hydrogen-bond donors (Lipinski definition) is 0. The fourth-order valence-corrected chi connectivity index (χ4v) is 0. The topological polar surface area (TPSA) is 94.5 Å². The minimum atomic E-state index is 0. The van der Waals surface area contributed by atoms with Gasteiger partial charge in [-0.15, -0.1) is 0 Å². The largest absolute Gasteiger partial charge is 0 e. The molecule has 0 unspecified atom stereocenters. The quantitative estimate of drug-likeness (QED) is 0.294. The first-order valence-corrected chi connectivity index (χ1v) is 0. The van der Waals surface area contributed by atoms with E-state index in [9.17, 15) is 0 Å². The molecule has 0 spiro atoms. The van der Waals surface area contributed by atoms with Crippen LogP contribution in [0.3, 0.4) is 0 Å². The fraction of sp³-hybridized carbons (Fsp3) is 0. The van der Waals surface area contributed by atoms with Crippen molar-refractivity contribution in [2.24, 2.45) is 0 Å². The zero-order valence-corrected chi connectivity index (χ0v) is 3.34. The molecule has 0 aromatic heterocycles. The van der Waals surface area contributed by atoms with Crippen LogP contribution in [0.2, 0.25) is 0 Å². The Morgan fingerprint density at radius 1 is 0.500 bits per heavy atom. The van der Waals surface area contributed by atoms with E-state index < -0.39 is 0 Å². The van der Waals surface area contributed by atoms with E-state index in [1.165, 1.54) is 0 Å². The Hall–Kier alpha value is 1.66. The van der Waals surface area contributed by atoms with E-state index in [0.717, 1.165) is 0 Å². The molecule has 0 aromatic carbocycles. The summed E-state index contributed by atoms with van der Waals surface area (Å²) in [5.41, 5.74) is 0. The Morgan fingerprint density at radius 2 is 0.500 bits per heavy atom. The second-order valence-electron chi connectivity index (χ2n) is 0. The molecule has 0 aliphatic rings. The second kappa shape index (κ2) is 77.5. The van der Waals surface area contributed by atoms with Crippen molar-refractivity contribution < 1.29 is 35.0 Å². The van der Waals surface area contributed by atoms with Crippen molar-refractivity contribution in [3.05, 3.63) is 0 Å². The van der Waals surface area contributed by atoms with E-state index in [1.54, 1.807) is 0 Å². The van der Waals surface area contributed by atoms with Gasteiger partial charge in [0.2, 0.25) is 0 Å². The van der Waals surface area contributed by atoms with Crippen LogP contribution in [0.25, 0.3) is 0 Å². The van der Waals surface area contributed by atoms with Crippen LogP contribution in [0.1, 0.15) is 0 Å². The van der Waals surface area contributed by atoms with Crippen molar-refractivity contribution in [2.45, 2.75) is 0 Å². The summed E-state index contributed by atoms with van der Waals surface area (Å²) in [6.45, 7) is 0. The van der Waals surface area contributed by atoms with Crippen molar-refractivity contribution >= 4 is 37.7 Å². The maximum absolute atomic E-state index is 0. The molecule has 33 valence electrons. The first-order chi connectivity index (χ1) is 0.